The van der Waals surface area contributed by atoms with E-state index in [0.717, 1.165) is 13.1 Å². The number of likely N-dealkylation sites (tertiary alicyclic amines) is 1. The first-order valence-electron chi connectivity index (χ1n) is 10.2. The Morgan fingerprint density at radius 1 is 1.07 bits per heavy atom. The number of carbonyl (C=O) groups is 1. The normalized spacial score (nSPS) is 20.0. The third-order valence-corrected chi connectivity index (χ3v) is 6.95. The van der Waals surface area contributed by atoms with E-state index in [0.29, 0.717) is 12.5 Å². The Labute approximate surface area is 166 Å². The maximum absolute atomic E-state index is 12.7. The van der Waals surface area contributed by atoms with Gasteiger partial charge in [0.15, 0.2) is 0 Å². The van der Waals surface area contributed by atoms with Gasteiger partial charge in [-0.05, 0) is 61.7 Å². The molecule has 1 aromatic carbocycles. The van der Waals surface area contributed by atoms with Crippen molar-refractivity contribution < 1.29 is 4.79 Å². The Morgan fingerprint density at radius 2 is 1.85 bits per heavy atom. The Balaban J connectivity index is 1.38. The molecule has 2 aromatic rings. The van der Waals surface area contributed by atoms with Gasteiger partial charge in [0.05, 0.1) is 12.1 Å². The molecule has 4 rings (SSSR count). The zero-order chi connectivity index (χ0) is 18.5. The van der Waals surface area contributed by atoms with Crippen molar-refractivity contribution in [2.24, 2.45) is 5.92 Å². The van der Waals surface area contributed by atoms with Crippen molar-refractivity contribution in [3.05, 3.63) is 58.3 Å². The van der Waals surface area contributed by atoms with Crippen molar-refractivity contribution in [3.63, 3.8) is 0 Å². The first-order valence-corrected chi connectivity index (χ1v) is 11.1. The van der Waals surface area contributed by atoms with Gasteiger partial charge in [0.25, 0.3) is 0 Å². The van der Waals surface area contributed by atoms with E-state index in [1.165, 1.54) is 42.5 Å². The second-order valence-corrected chi connectivity index (χ2v) is 8.69. The summed E-state index contributed by atoms with van der Waals surface area (Å²) in [5, 5.41) is 8.55. The van der Waals surface area contributed by atoms with Crippen molar-refractivity contribution >= 4 is 17.4 Å². The highest BCUT2D eigenvalue weighted by molar-refractivity contribution is 7.10. The summed E-state index contributed by atoms with van der Waals surface area (Å²) < 4.78 is 0. The molecule has 2 atom stereocenters. The Hall–Kier alpha value is -1.85. The van der Waals surface area contributed by atoms with Crippen LogP contribution in [0.3, 0.4) is 0 Å². The Morgan fingerprint density at radius 3 is 2.48 bits per heavy atom. The standard InChI is InChI=1S/C22H29N3OS/c26-22(24-21(18-10-6-11-18)17-8-2-1-3-9-17)23-16-19(20-12-7-15-27-20)25-13-4-5-14-25/h1-3,7-9,12,15,18-19,21H,4-6,10-11,13-14,16H2,(H2,23,24,26). The topological polar surface area (TPSA) is 44.4 Å². The third-order valence-electron chi connectivity index (χ3n) is 5.98. The zero-order valence-corrected chi connectivity index (χ0v) is 16.6. The first kappa shape index (κ1) is 18.5. The summed E-state index contributed by atoms with van der Waals surface area (Å²) in [5.41, 5.74) is 1.21. The monoisotopic (exact) mass is 383 g/mol. The van der Waals surface area contributed by atoms with Crippen LogP contribution in [0.15, 0.2) is 47.8 Å². The van der Waals surface area contributed by atoms with Crippen LogP contribution >= 0.6 is 11.3 Å². The second kappa shape index (κ2) is 8.89. The number of hydrogen-bond donors (Lipinski definition) is 2. The molecule has 1 aromatic heterocycles. The number of thiophene rings is 1. The highest BCUT2D eigenvalue weighted by Crippen LogP contribution is 2.37. The highest BCUT2D eigenvalue weighted by Gasteiger charge is 2.30. The van der Waals surface area contributed by atoms with Gasteiger partial charge >= 0.3 is 6.03 Å². The lowest BCUT2D eigenvalue weighted by atomic mass is 9.77. The van der Waals surface area contributed by atoms with Crippen LogP contribution in [0.2, 0.25) is 0 Å². The van der Waals surface area contributed by atoms with Crippen molar-refractivity contribution in [1.29, 1.82) is 0 Å². The fraction of sp³-hybridized carbons (Fsp3) is 0.500. The molecule has 1 saturated carbocycles. The average Bonchev–Trinajstić information content (AvgIpc) is 3.35. The molecule has 2 unspecified atom stereocenters. The fourth-order valence-corrected chi connectivity index (χ4v) is 5.09. The fourth-order valence-electron chi connectivity index (χ4n) is 4.23. The number of urea groups is 1. The van der Waals surface area contributed by atoms with Crippen molar-refractivity contribution in [2.45, 2.75) is 44.2 Å². The number of carbonyl (C=O) groups excluding carboxylic acids is 1. The first-order chi connectivity index (χ1) is 13.3. The number of nitrogens with one attached hydrogen (secondary N) is 2. The van der Waals surface area contributed by atoms with E-state index in [1.807, 2.05) is 6.07 Å². The molecule has 1 aliphatic heterocycles. The molecule has 2 heterocycles. The maximum atomic E-state index is 12.7. The number of benzene rings is 1. The van der Waals surface area contributed by atoms with E-state index in [2.05, 4.69) is 57.3 Å². The summed E-state index contributed by atoms with van der Waals surface area (Å²) in [4.78, 5) is 16.6. The predicted molar refractivity (Wildman–Crippen MR) is 111 cm³/mol. The summed E-state index contributed by atoms with van der Waals surface area (Å²) in [6.07, 6.45) is 6.18. The molecule has 2 amide bonds. The number of hydrogen-bond acceptors (Lipinski definition) is 3. The summed E-state index contributed by atoms with van der Waals surface area (Å²) in [5.74, 6) is 0.560. The lowest BCUT2D eigenvalue weighted by Gasteiger charge is -2.35. The van der Waals surface area contributed by atoms with Crippen molar-refractivity contribution in [3.8, 4) is 0 Å². The largest absolute Gasteiger partial charge is 0.336 e. The SMILES string of the molecule is O=C(NCC(c1cccs1)N1CCCC1)NC(c1ccccc1)C1CCC1. The van der Waals surface area contributed by atoms with E-state index in [4.69, 9.17) is 0 Å². The lowest BCUT2D eigenvalue weighted by Crippen LogP contribution is -2.45. The van der Waals surface area contributed by atoms with Gasteiger partial charge in [0.1, 0.15) is 0 Å². The molecule has 4 nitrogen and oxygen atoms in total. The van der Waals surface area contributed by atoms with Crippen molar-refractivity contribution in [2.75, 3.05) is 19.6 Å². The molecule has 2 fully saturated rings. The lowest BCUT2D eigenvalue weighted by molar-refractivity contribution is 0.200. The predicted octanol–water partition coefficient (Wildman–Crippen LogP) is 4.73. The van der Waals surface area contributed by atoms with Gasteiger partial charge in [-0.2, -0.15) is 0 Å². The second-order valence-electron chi connectivity index (χ2n) is 7.71. The molecule has 0 radical (unpaired) electrons. The molecular formula is C22H29N3OS. The van der Waals surface area contributed by atoms with E-state index < -0.39 is 0 Å². The summed E-state index contributed by atoms with van der Waals surface area (Å²) in [6, 6.07) is 15.1. The number of rotatable bonds is 7. The minimum Gasteiger partial charge on any atom is -0.336 e. The highest BCUT2D eigenvalue weighted by atomic mass is 32.1. The molecule has 2 aliphatic rings. The molecule has 1 saturated heterocycles. The Kier molecular flexibility index (Phi) is 6.10. The van der Waals surface area contributed by atoms with E-state index in [9.17, 15) is 4.79 Å². The van der Waals surface area contributed by atoms with Gasteiger partial charge in [0.2, 0.25) is 0 Å². The zero-order valence-electron chi connectivity index (χ0n) is 15.8. The van der Waals surface area contributed by atoms with Gasteiger partial charge in [-0.25, -0.2) is 4.79 Å². The Bertz CT molecular complexity index is 708. The molecule has 5 heteroatoms. The average molecular weight is 384 g/mol. The molecule has 2 N–H and O–H groups in total. The minimum atomic E-state index is -0.0449. The maximum Gasteiger partial charge on any atom is 0.315 e. The molecule has 27 heavy (non-hydrogen) atoms. The van der Waals surface area contributed by atoms with Crippen LogP contribution in [0.1, 0.15) is 54.6 Å². The molecule has 144 valence electrons. The van der Waals surface area contributed by atoms with Gasteiger partial charge in [-0.1, -0.05) is 42.8 Å². The van der Waals surface area contributed by atoms with Crippen LogP contribution in [-0.4, -0.2) is 30.6 Å². The van der Waals surface area contributed by atoms with Crippen molar-refractivity contribution in [1.82, 2.24) is 15.5 Å². The third kappa shape index (κ3) is 4.53. The van der Waals surface area contributed by atoms with Crippen LogP contribution in [0.25, 0.3) is 0 Å². The van der Waals surface area contributed by atoms with E-state index in [1.54, 1.807) is 11.3 Å². The van der Waals surface area contributed by atoms with Gasteiger partial charge in [-0.15, -0.1) is 11.3 Å². The molecule has 0 bridgehead atoms. The van der Waals surface area contributed by atoms with Gasteiger partial charge in [-0.3, -0.25) is 4.90 Å². The summed E-state index contributed by atoms with van der Waals surface area (Å²) in [7, 11) is 0. The van der Waals surface area contributed by atoms with E-state index in [-0.39, 0.29) is 18.1 Å². The molecular weight excluding hydrogens is 354 g/mol. The van der Waals surface area contributed by atoms with Gasteiger partial charge < -0.3 is 10.6 Å². The van der Waals surface area contributed by atoms with Gasteiger partial charge in [0, 0.05) is 11.4 Å². The van der Waals surface area contributed by atoms with Crippen LogP contribution in [0.4, 0.5) is 4.79 Å². The van der Waals surface area contributed by atoms with Crippen LogP contribution in [0, 0.1) is 5.92 Å². The molecule has 1 aliphatic carbocycles. The summed E-state index contributed by atoms with van der Waals surface area (Å²) >= 11 is 1.78. The number of amides is 2. The van der Waals surface area contributed by atoms with E-state index >= 15 is 0 Å². The molecule has 0 spiro atoms. The smallest absolute Gasteiger partial charge is 0.315 e. The summed E-state index contributed by atoms with van der Waals surface area (Å²) in [6.45, 7) is 2.92. The van der Waals surface area contributed by atoms with Crippen LogP contribution in [0.5, 0.6) is 0 Å². The van der Waals surface area contributed by atoms with Crippen LogP contribution in [-0.2, 0) is 0 Å². The minimum absolute atomic E-state index is 0.0449. The number of nitrogens with zero attached hydrogens (tertiary/aromatic N) is 1. The quantitative estimate of drug-likeness (QED) is 0.726. The van der Waals surface area contributed by atoms with Crippen LogP contribution < -0.4 is 10.6 Å².